The van der Waals surface area contributed by atoms with E-state index in [1.54, 1.807) is 34.6 Å². The van der Waals surface area contributed by atoms with Gasteiger partial charge in [-0.2, -0.15) is 0 Å². The summed E-state index contributed by atoms with van der Waals surface area (Å²) in [6, 6.07) is 0. The van der Waals surface area contributed by atoms with Crippen LogP contribution in [0.25, 0.3) is 0 Å². The van der Waals surface area contributed by atoms with E-state index >= 15 is 0 Å². The van der Waals surface area contributed by atoms with Crippen molar-refractivity contribution in [2.75, 3.05) is 26.3 Å². The molecule has 0 aromatic heterocycles. The summed E-state index contributed by atoms with van der Waals surface area (Å²) in [6.45, 7) is 10.1. The number of nitro groups is 1. The lowest BCUT2D eigenvalue weighted by Gasteiger charge is -2.27. The lowest BCUT2D eigenvalue weighted by atomic mass is 10.1. The van der Waals surface area contributed by atoms with Gasteiger partial charge >= 0.3 is 11.8 Å². The fourth-order valence-electron chi connectivity index (χ4n) is 2.58. The number of amidine groups is 1. The van der Waals surface area contributed by atoms with Crippen LogP contribution in [0.5, 0.6) is 0 Å². The zero-order chi connectivity index (χ0) is 21.8. The predicted octanol–water partition coefficient (Wildman–Crippen LogP) is 1.42. The molecule has 0 fully saturated rings. The quantitative estimate of drug-likeness (QED) is 0.226. The SMILES string of the molecule is CC1=C(C)N2NN(Cl)N=C2C([N+](=O)[O-])=C1NCCOCCNC(=O)OC(C)(C)C. The third-order valence-electron chi connectivity index (χ3n) is 3.92. The van der Waals surface area contributed by atoms with Gasteiger partial charge in [-0.15, -0.1) is 15.3 Å². The molecule has 2 aliphatic heterocycles. The van der Waals surface area contributed by atoms with Gasteiger partial charge in [-0.25, -0.2) is 9.80 Å². The maximum absolute atomic E-state index is 11.6. The van der Waals surface area contributed by atoms with Crippen molar-refractivity contribution in [2.45, 2.75) is 40.2 Å². The number of allylic oxidation sites excluding steroid dienone is 2. The van der Waals surface area contributed by atoms with Crippen molar-refractivity contribution in [3.63, 3.8) is 0 Å². The second-order valence-corrected chi connectivity index (χ2v) is 7.60. The Bertz CT molecular complexity index is 759. The summed E-state index contributed by atoms with van der Waals surface area (Å²) in [5.41, 5.74) is 3.71. The average molecular weight is 432 g/mol. The van der Waals surface area contributed by atoms with Crippen LogP contribution < -0.4 is 16.2 Å². The van der Waals surface area contributed by atoms with Gasteiger partial charge in [-0.1, -0.05) is 0 Å². The Morgan fingerprint density at radius 3 is 2.59 bits per heavy atom. The van der Waals surface area contributed by atoms with E-state index in [1.807, 2.05) is 0 Å². The Morgan fingerprint density at radius 2 is 1.97 bits per heavy atom. The first-order valence-electron chi connectivity index (χ1n) is 8.97. The summed E-state index contributed by atoms with van der Waals surface area (Å²) in [6.07, 6.45) is -0.512. The van der Waals surface area contributed by atoms with Gasteiger partial charge in [0.15, 0.2) is 0 Å². The molecule has 0 atom stereocenters. The predicted molar refractivity (Wildman–Crippen MR) is 106 cm³/mol. The number of hydrogen-bond donors (Lipinski definition) is 3. The molecule has 2 aliphatic rings. The normalized spacial score (nSPS) is 16.7. The summed E-state index contributed by atoms with van der Waals surface area (Å²) in [4.78, 5) is 22.6. The van der Waals surface area contributed by atoms with Gasteiger partial charge in [0, 0.05) is 24.4 Å². The number of carbonyl (C=O) groups is 1. The minimum Gasteiger partial charge on any atom is -0.444 e. The molecule has 162 valence electrons. The molecule has 12 nitrogen and oxygen atoms in total. The third kappa shape index (κ3) is 5.95. The van der Waals surface area contributed by atoms with E-state index in [0.29, 0.717) is 24.4 Å². The summed E-state index contributed by atoms with van der Waals surface area (Å²) >= 11 is 5.80. The largest absolute Gasteiger partial charge is 0.444 e. The van der Waals surface area contributed by atoms with Crippen molar-refractivity contribution in [3.8, 4) is 0 Å². The van der Waals surface area contributed by atoms with Gasteiger partial charge in [-0.05, 0) is 34.6 Å². The number of amides is 1. The standard InChI is InChI=1S/C16H26ClN7O5/c1-10-11(2)22-14(20-24(17)21-22)13(23(26)27)12(10)18-6-8-28-9-7-19-15(25)29-16(3,4)5/h18,21H,6-9H2,1-5H3,(H,19,25). The highest BCUT2D eigenvalue weighted by Gasteiger charge is 2.41. The number of fused-ring (bicyclic) bond motifs is 1. The maximum atomic E-state index is 11.6. The van der Waals surface area contributed by atoms with Crippen LogP contribution in [0.3, 0.4) is 0 Å². The average Bonchev–Trinajstić information content (AvgIpc) is 2.97. The highest BCUT2D eigenvalue weighted by Crippen LogP contribution is 2.29. The van der Waals surface area contributed by atoms with E-state index in [-0.39, 0.29) is 24.7 Å². The van der Waals surface area contributed by atoms with Crippen LogP contribution in [0.2, 0.25) is 0 Å². The smallest absolute Gasteiger partial charge is 0.407 e. The first kappa shape index (κ1) is 22.7. The molecule has 1 amide bonds. The number of alkyl carbamates (subject to hydrolysis) is 1. The zero-order valence-electron chi connectivity index (χ0n) is 17.0. The lowest BCUT2D eigenvalue weighted by molar-refractivity contribution is -0.417. The van der Waals surface area contributed by atoms with E-state index in [4.69, 9.17) is 21.3 Å². The van der Waals surface area contributed by atoms with Crippen LogP contribution in [-0.2, 0) is 9.47 Å². The Labute approximate surface area is 173 Å². The summed E-state index contributed by atoms with van der Waals surface area (Å²) in [5, 5.41) is 22.6. The Balaban J connectivity index is 1.85. The molecule has 0 saturated heterocycles. The number of ether oxygens (including phenoxy) is 2. The molecule has 0 aromatic rings. The molecule has 0 spiro atoms. The van der Waals surface area contributed by atoms with Crippen molar-refractivity contribution < 1.29 is 19.2 Å². The number of carbonyl (C=O) groups excluding carboxylic acids is 1. The van der Waals surface area contributed by atoms with Gasteiger partial charge < -0.3 is 20.1 Å². The fraction of sp³-hybridized carbons (Fsp3) is 0.625. The molecule has 0 aromatic carbocycles. The molecule has 13 heteroatoms. The van der Waals surface area contributed by atoms with Gasteiger partial charge in [-0.3, -0.25) is 10.1 Å². The Hall–Kier alpha value is -2.57. The van der Waals surface area contributed by atoms with E-state index < -0.39 is 16.6 Å². The molecule has 2 heterocycles. The van der Waals surface area contributed by atoms with Crippen LogP contribution in [0.15, 0.2) is 27.8 Å². The fourth-order valence-corrected chi connectivity index (χ4v) is 2.73. The second-order valence-electron chi connectivity index (χ2n) is 7.28. The molecular weight excluding hydrogens is 406 g/mol. The Kier molecular flexibility index (Phi) is 7.27. The maximum Gasteiger partial charge on any atom is 0.407 e. The van der Waals surface area contributed by atoms with Crippen LogP contribution in [-0.4, -0.2) is 58.4 Å². The number of halogens is 1. The van der Waals surface area contributed by atoms with Crippen molar-refractivity contribution in [3.05, 3.63) is 32.8 Å². The molecule has 0 unspecified atom stereocenters. The van der Waals surface area contributed by atoms with Crippen molar-refractivity contribution >= 4 is 23.7 Å². The van der Waals surface area contributed by atoms with Gasteiger partial charge in [0.05, 0.1) is 29.9 Å². The number of nitrogens with one attached hydrogen (secondary N) is 3. The summed E-state index contributed by atoms with van der Waals surface area (Å²) < 4.78 is 11.4. The third-order valence-corrected chi connectivity index (χ3v) is 4.08. The van der Waals surface area contributed by atoms with Crippen LogP contribution in [0, 0.1) is 10.1 Å². The molecule has 3 N–H and O–H groups in total. The van der Waals surface area contributed by atoms with Crippen molar-refractivity contribution in [1.29, 1.82) is 0 Å². The number of hydrazone groups is 1. The highest BCUT2D eigenvalue weighted by molar-refractivity contribution is 6.14. The van der Waals surface area contributed by atoms with Crippen LogP contribution in [0.1, 0.15) is 34.6 Å². The minimum absolute atomic E-state index is 0.0954. The molecule has 0 aliphatic carbocycles. The minimum atomic E-state index is -0.560. The Morgan fingerprint density at radius 1 is 1.31 bits per heavy atom. The number of rotatable bonds is 8. The van der Waals surface area contributed by atoms with Gasteiger partial charge in [0.2, 0.25) is 0 Å². The van der Waals surface area contributed by atoms with Crippen molar-refractivity contribution in [2.24, 2.45) is 5.10 Å². The topological polar surface area (TPSA) is 134 Å². The molecule has 29 heavy (non-hydrogen) atoms. The van der Waals surface area contributed by atoms with Gasteiger partial charge in [0.25, 0.3) is 5.84 Å². The second kappa shape index (κ2) is 9.29. The monoisotopic (exact) mass is 431 g/mol. The number of hydrogen-bond acceptors (Lipinski definition) is 10. The van der Waals surface area contributed by atoms with E-state index in [0.717, 1.165) is 10.3 Å². The summed E-state index contributed by atoms with van der Waals surface area (Å²) in [7, 11) is 0. The summed E-state index contributed by atoms with van der Waals surface area (Å²) in [5.74, 6) is 0.0954. The molecule has 0 bridgehead atoms. The molecular formula is C16H26ClN7O5. The number of nitrogens with zero attached hydrogens (tertiary/aromatic N) is 4. The lowest BCUT2D eigenvalue weighted by Crippen LogP contribution is -2.44. The highest BCUT2D eigenvalue weighted by atomic mass is 35.5. The zero-order valence-corrected chi connectivity index (χ0v) is 17.8. The van der Waals surface area contributed by atoms with E-state index in [2.05, 4.69) is 21.3 Å². The van der Waals surface area contributed by atoms with Gasteiger partial charge in [0.1, 0.15) is 11.3 Å². The first-order chi connectivity index (χ1) is 13.5. The number of hydrazine groups is 2. The van der Waals surface area contributed by atoms with Crippen molar-refractivity contribution in [1.82, 2.24) is 25.8 Å². The molecule has 2 rings (SSSR count). The first-order valence-corrected chi connectivity index (χ1v) is 9.31. The van der Waals surface area contributed by atoms with Crippen LogP contribution in [0.4, 0.5) is 4.79 Å². The van der Waals surface area contributed by atoms with E-state index in [1.165, 1.54) is 5.01 Å². The van der Waals surface area contributed by atoms with E-state index in [9.17, 15) is 14.9 Å². The molecule has 0 radical (unpaired) electrons. The van der Waals surface area contributed by atoms with Crippen LogP contribution >= 0.6 is 11.8 Å². The molecule has 0 saturated carbocycles.